The van der Waals surface area contributed by atoms with Gasteiger partial charge in [-0.1, -0.05) is 44.5 Å². The molecule has 1 fully saturated rings. The van der Waals surface area contributed by atoms with Crippen LogP contribution in [0.25, 0.3) is 0 Å². The third-order valence-corrected chi connectivity index (χ3v) is 11.3. The molecule has 308 valence electrons. The van der Waals surface area contributed by atoms with Gasteiger partial charge in [-0.05, 0) is 83.2 Å². The van der Waals surface area contributed by atoms with Gasteiger partial charge in [-0.3, -0.25) is 28.8 Å². The summed E-state index contributed by atoms with van der Waals surface area (Å²) >= 11 is 7.65. The van der Waals surface area contributed by atoms with Gasteiger partial charge in [-0.15, -0.1) is 0 Å². The van der Waals surface area contributed by atoms with E-state index in [9.17, 15) is 55.5 Å². The van der Waals surface area contributed by atoms with Crippen LogP contribution in [0, 0.1) is 8.99 Å². The molecule has 4 atom stereocenters. The molecule has 0 unspecified atom stereocenters. The zero-order valence-electron chi connectivity index (χ0n) is 30.5. The van der Waals surface area contributed by atoms with E-state index in [-0.39, 0.29) is 18.9 Å². The highest BCUT2D eigenvalue weighted by molar-refractivity contribution is 14.1. The van der Waals surface area contributed by atoms with Crippen LogP contribution in [0.15, 0.2) is 47.4 Å². The molecule has 0 bridgehead atoms. The predicted octanol–water partition coefficient (Wildman–Crippen LogP) is 2.72. The fraction of sp³-hybridized carbons (Fsp3) is 0.486. The molecule has 1 aliphatic heterocycles. The van der Waals surface area contributed by atoms with E-state index in [1.165, 1.54) is 4.90 Å². The molecule has 3 rings (SSSR count). The Morgan fingerprint density at radius 1 is 1.00 bits per heavy atom. The van der Waals surface area contributed by atoms with Gasteiger partial charge in [0.2, 0.25) is 39.6 Å². The van der Waals surface area contributed by atoms with E-state index in [1.54, 1.807) is 49.8 Å². The Bertz CT molecular complexity index is 1910. The summed E-state index contributed by atoms with van der Waals surface area (Å²) in [5, 5.41) is 16.4. The monoisotopic (exact) mass is 942 g/mol. The van der Waals surface area contributed by atoms with Crippen molar-refractivity contribution in [3.8, 4) is 0 Å². The lowest BCUT2D eigenvalue weighted by atomic mass is 9.85. The van der Waals surface area contributed by atoms with Crippen LogP contribution in [0.2, 0.25) is 5.02 Å². The van der Waals surface area contributed by atoms with Gasteiger partial charge in [-0.2, -0.15) is 17.9 Å². The zero-order chi connectivity index (χ0) is 42.2. The summed E-state index contributed by atoms with van der Waals surface area (Å²) in [6, 6.07) is 4.10. The molecule has 1 saturated heterocycles. The smallest absolute Gasteiger partial charge is 0.417 e. The average Bonchev–Trinajstić information content (AvgIpc) is 3.54. The summed E-state index contributed by atoms with van der Waals surface area (Å²) in [7, 11) is -4.83. The maximum absolute atomic E-state index is 13.8. The van der Waals surface area contributed by atoms with Crippen molar-refractivity contribution in [3.63, 3.8) is 0 Å². The molecular formula is C35H43ClF3IN6O9S. The SMILES string of the molecule is CC(C)(C)[C@H](NC(=O)[C@H](Cc1ccc(I)cc1)NC(=O)CNC(=O)CC[C@H](NS(=O)(=O)c1ccc(Cl)c(C(F)(F)F)c1)C(=O)O)C(=O)N1CCC[C@H]1CC(N)=O. The van der Waals surface area contributed by atoms with Crippen molar-refractivity contribution in [1.29, 1.82) is 0 Å². The van der Waals surface area contributed by atoms with Crippen molar-refractivity contribution in [2.45, 2.75) is 94.5 Å². The number of nitrogens with two attached hydrogens (primary N) is 1. The van der Waals surface area contributed by atoms with Gasteiger partial charge >= 0.3 is 12.1 Å². The number of nitrogens with zero attached hydrogens (tertiary/aromatic N) is 1. The topological polar surface area (TPSA) is 234 Å². The van der Waals surface area contributed by atoms with E-state index in [0.29, 0.717) is 31.0 Å². The normalized spacial score (nSPS) is 16.4. The van der Waals surface area contributed by atoms with E-state index in [2.05, 4.69) is 38.5 Å². The Morgan fingerprint density at radius 2 is 1.64 bits per heavy atom. The molecular weight excluding hydrogens is 900 g/mol. The van der Waals surface area contributed by atoms with Crippen LogP contribution in [0.4, 0.5) is 13.2 Å². The number of hydrogen-bond donors (Lipinski definition) is 6. The molecule has 7 N–H and O–H groups in total. The fourth-order valence-corrected chi connectivity index (χ4v) is 7.69. The quantitative estimate of drug-likeness (QED) is 0.128. The number of alkyl halides is 3. The number of hydrogen-bond acceptors (Lipinski definition) is 8. The number of benzene rings is 2. The number of carbonyl (C=O) groups excluding carboxylic acids is 5. The lowest BCUT2D eigenvalue weighted by molar-refractivity contribution is -0.141. The molecule has 2 aromatic carbocycles. The lowest BCUT2D eigenvalue weighted by Gasteiger charge is -2.36. The number of carboxylic acid groups (broad SMARTS) is 1. The van der Waals surface area contributed by atoms with Gasteiger partial charge in [0.05, 0.1) is 22.0 Å². The first kappa shape index (κ1) is 46.4. The van der Waals surface area contributed by atoms with Crippen LogP contribution in [-0.2, 0) is 51.4 Å². The van der Waals surface area contributed by atoms with Crippen molar-refractivity contribution in [2.24, 2.45) is 11.1 Å². The minimum Gasteiger partial charge on any atom is -0.480 e. The molecule has 0 aromatic heterocycles. The average molecular weight is 943 g/mol. The van der Waals surface area contributed by atoms with Crippen molar-refractivity contribution >= 4 is 79.7 Å². The summed E-state index contributed by atoms with van der Waals surface area (Å²) in [4.78, 5) is 77.5. The summed E-state index contributed by atoms with van der Waals surface area (Å²) in [6.07, 6.45) is -5.11. The molecule has 56 heavy (non-hydrogen) atoms. The van der Waals surface area contributed by atoms with Gasteiger partial charge in [-0.25, -0.2) is 8.42 Å². The second-order valence-electron chi connectivity index (χ2n) is 14.2. The molecule has 15 nitrogen and oxygen atoms in total. The van der Waals surface area contributed by atoms with Crippen LogP contribution < -0.4 is 26.4 Å². The number of amides is 5. The number of nitrogens with one attached hydrogen (secondary N) is 4. The Labute approximate surface area is 340 Å². The molecule has 0 saturated carbocycles. The maximum Gasteiger partial charge on any atom is 0.417 e. The van der Waals surface area contributed by atoms with Crippen molar-refractivity contribution in [3.05, 3.63) is 62.2 Å². The fourth-order valence-electron chi connectivity index (χ4n) is 5.86. The molecule has 5 amide bonds. The number of rotatable bonds is 17. The number of sulfonamides is 1. The van der Waals surface area contributed by atoms with Gasteiger partial charge in [0.25, 0.3) is 0 Å². The summed E-state index contributed by atoms with van der Waals surface area (Å²) in [5.41, 5.74) is 3.80. The molecule has 2 aromatic rings. The van der Waals surface area contributed by atoms with Gasteiger partial charge in [0.15, 0.2) is 0 Å². The van der Waals surface area contributed by atoms with Crippen molar-refractivity contribution in [2.75, 3.05) is 13.1 Å². The largest absolute Gasteiger partial charge is 0.480 e. The van der Waals surface area contributed by atoms with E-state index in [0.717, 1.165) is 9.64 Å². The van der Waals surface area contributed by atoms with Crippen molar-refractivity contribution in [1.82, 2.24) is 25.6 Å². The molecule has 1 heterocycles. The zero-order valence-corrected chi connectivity index (χ0v) is 34.3. The highest BCUT2D eigenvalue weighted by Crippen LogP contribution is 2.36. The van der Waals surface area contributed by atoms with Crippen LogP contribution in [-0.4, -0.2) is 91.2 Å². The number of carbonyl (C=O) groups is 6. The van der Waals surface area contributed by atoms with E-state index in [4.69, 9.17) is 17.3 Å². The van der Waals surface area contributed by atoms with Gasteiger partial charge in [0, 0.05) is 35.4 Å². The first-order valence-corrected chi connectivity index (χ1v) is 20.1. The second-order valence-corrected chi connectivity index (χ2v) is 17.6. The first-order chi connectivity index (χ1) is 25.9. The third kappa shape index (κ3) is 13.6. The molecule has 0 radical (unpaired) electrons. The number of primary amides is 1. The Morgan fingerprint density at radius 3 is 2.21 bits per heavy atom. The highest BCUT2D eigenvalue weighted by atomic mass is 127. The molecule has 0 spiro atoms. The lowest BCUT2D eigenvalue weighted by Crippen LogP contribution is -2.60. The second kappa shape index (κ2) is 19.4. The minimum atomic E-state index is -5.00. The number of likely N-dealkylation sites (tertiary alicyclic amines) is 1. The summed E-state index contributed by atoms with van der Waals surface area (Å²) in [5.74, 6) is -5.13. The van der Waals surface area contributed by atoms with Crippen molar-refractivity contribution < 1.29 is 55.5 Å². The van der Waals surface area contributed by atoms with Crippen LogP contribution in [0.1, 0.15) is 64.0 Å². The minimum absolute atomic E-state index is 0.0139. The Balaban J connectivity index is 1.69. The number of halogens is 5. The molecule has 21 heteroatoms. The Kier molecular flexibility index (Phi) is 16.1. The Hall–Kier alpha value is -4.02. The van der Waals surface area contributed by atoms with E-state index < -0.39 is 116 Å². The highest BCUT2D eigenvalue weighted by Gasteiger charge is 2.41. The van der Waals surface area contributed by atoms with Gasteiger partial charge < -0.3 is 31.7 Å². The van der Waals surface area contributed by atoms with E-state index >= 15 is 0 Å². The molecule has 0 aliphatic carbocycles. The number of aliphatic carboxylic acids is 1. The van der Waals surface area contributed by atoms with Crippen LogP contribution >= 0.6 is 34.2 Å². The summed E-state index contributed by atoms with van der Waals surface area (Å²) < 4.78 is 68.0. The predicted molar refractivity (Wildman–Crippen MR) is 205 cm³/mol. The standard InChI is InChI=1S/C35H43ClF3IN6O9S/c1-34(2,3)30(32(51)46-14-4-5-21(46)16-27(41)47)44-31(50)26(15-19-6-8-20(40)9-7-19)43-29(49)18-42-28(48)13-12-25(33(52)53)45-56(54,55)22-10-11-24(36)23(17-22)35(37,38)39/h6-11,17,21,25-26,30,45H,4-5,12-16,18H2,1-3H3,(H2,41,47)(H,42,48)(H,43,49)(H,44,50)(H,52,53)/t21-,25-,26-,30+/m0/s1. The van der Waals surface area contributed by atoms with Crippen LogP contribution in [0.5, 0.6) is 0 Å². The number of carboxylic acids is 1. The molecule has 1 aliphatic rings. The first-order valence-electron chi connectivity index (χ1n) is 17.2. The maximum atomic E-state index is 13.8. The summed E-state index contributed by atoms with van der Waals surface area (Å²) in [6.45, 7) is 4.93. The van der Waals surface area contributed by atoms with E-state index in [1.807, 2.05) is 0 Å². The third-order valence-electron chi connectivity index (χ3n) is 8.76. The van der Waals surface area contributed by atoms with Crippen LogP contribution in [0.3, 0.4) is 0 Å². The van der Waals surface area contributed by atoms with Gasteiger partial charge in [0.1, 0.15) is 18.1 Å².